The largest absolute Gasteiger partial charge is 0.392 e. The molecule has 1 saturated heterocycles. The second-order valence-electron chi connectivity index (χ2n) is 10.7. The number of piperazine rings is 1. The Bertz CT molecular complexity index is 1110. The van der Waals surface area contributed by atoms with E-state index in [-0.39, 0.29) is 0 Å². The van der Waals surface area contributed by atoms with Crippen LogP contribution in [0, 0.1) is 0 Å². The first-order valence-corrected chi connectivity index (χ1v) is 15.8. The van der Waals surface area contributed by atoms with E-state index < -0.39 is 0 Å². The fourth-order valence-electron chi connectivity index (χ4n) is 5.13. The van der Waals surface area contributed by atoms with Gasteiger partial charge < -0.3 is 20.1 Å². The second kappa shape index (κ2) is 20.0. The molecule has 0 bridgehead atoms. The average molecular weight is 560 g/mol. The Labute approximate surface area is 251 Å². The fourth-order valence-corrected chi connectivity index (χ4v) is 5.13. The monoisotopic (exact) mass is 559 g/mol. The van der Waals surface area contributed by atoms with Gasteiger partial charge in [-0.15, -0.1) is 6.58 Å². The summed E-state index contributed by atoms with van der Waals surface area (Å²) in [7, 11) is 4.13. The van der Waals surface area contributed by atoms with Crippen LogP contribution in [0.1, 0.15) is 59.3 Å². The summed E-state index contributed by atoms with van der Waals surface area (Å²) >= 11 is 0. The highest BCUT2D eigenvalue weighted by molar-refractivity contribution is 5.85. The highest BCUT2D eigenvalue weighted by atomic mass is 15.3. The van der Waals surface area contributed by atoms with Crippen LogP contribution in [0.15, 0.2) is 79.7 Å². The molecule has 0 atom stereocenters. The highest BCUT2D eigenvalue weighted by Crippen LogP contribution is 2.26. The molecule has 5 heteroatoms. The van der Waals surface area contributed by atoms with Crippen LogP contribution in [0.5, 0.6) is 0 Å². The minimum absolute atomic E-state index is 1.06. The van der Waals surface area contributed by atoms with Crippen LogP contribution in [0.25, 0.3) is 22.0 Å². The number of aromatic nitrogens is 1. The van der Waals surface area contributed by atoms with E-state index in [9.17, 15) is 0 Å². The molecule has 2 heterocycles. The van der Waals surface area contributed by atoms with Gasteiger partial charge in [-0.1, -0.05) is 70.5 Å². The Morgan fingerprint density at radius 2 is 1.59 bits per heavy atom. The maximum Gasteiger partial charge on any atom is 0.0460 e. The maximum absolute atomic E-state index is 3.98. The molecule has 0 spiro atoms. The number of aromatic amines is 1. The van der Waals surface area contributed by atoms with Gasteiger partial charge in [0.1, 0.15) is 0 Å². The van der Waals surface area contributed by atoms with Gasteiger partial charge in [-0.3, -0.25) is 4.90 Å². The van der Waals surface area contributed by atoms with Crippen LogP contribution in [0.2, 0.25) is 0 Å². The summed E-state index contributed by atoms with van der Waals surface area (Å²) in [5, 5.41) is 4.37. The summed E-state index contributed by atoms with van der Waals surface area (Å²) in [6, 6.07) is 17.6. The molecular weight excluding hydrogens is 502 g/mol. The third-order valence-corrected chi connectivity index (χ3v) is 7.66. The van der Waals surface area contributed by atoms with Gasteiger partial charge in [-0.05, 0) is 73.0 Å². The van der Waals surface area contributed by atoms with Gasteiger partial charge >= 0.3 is 0 Å². The van der Waals surface area contributed by atoms with Gasteiger partial charge in [0.05, 0.1) is 0 Å². The van der Waals surface area contributed by atoms with Crippen LogP contribution < -0.4 is 10.2 Å². The van der Waals surface area contributed by atoms with Crippen LogP contribution in [0.4, 0.5) is 5.69 Å². The lowest BCUT2D eigenvalue weighted by atomic mass is 10.0. The van der Waals surface area contributed by atoms with E-state index >= 15 is 0 Å². The molecule has 1 aliphatic rings. The number of benzene rings is 2. The molecule has 3 aromatic rings. The van der Waals surface area contributed by atoms with Gasteiger partial charge in [-0.25, -0.2) is 0 Å². The molecule has 1 aliphatic heterocycles. The normalized spacial score (nSPS) is 13.5. The molecule has 5 nitrogen and oxygen atoms in total. The molecule has 226 valence electrons. The number of nitrogens with one attached hydrogen (secondary N) is 2. The van der Waals surface area contributed by atoms with Crippen molar-refractivity contribution in [1.82, 2.24) is 20.1 Å². The molecule has 4 rings (SSSR count). The van der Waals surface area contributed by atoms with Crippen molar-refractivity contribution >= 4 is 16.6 Å². The molecule has 41 heavy (non-hydrogen) atoms. The van der Waals surface area contributed by atoms with E-state index in [0.717, 1.165) is 25.2 Å². The molecule has 0 amide bonds. The minimum Gasteiger partial charge on any atom is -0.392 e. The lowest BCUT2D eigenvalue weighted by Crippen LogP contribution is -2.46. The Morgan fingerprint density at radius 3 is 2.24 bits per heavy atom. The van der Waals surface area contributed by atoms with Crippen molar-refractivity contribution < 1.29 is 0 Å². The van der Waals surface area contributed by atoms with Crippen molar-refractivity contribution in [3.8, 4) is 11.1 Å². The van der Waals surface area contributed by atoms with Gasteiger partial charge in [-0.2, -0.15) is 0 Å². The maximum atomic E-state index is 3.98. The number of nitrogens with zero attached hydrogens (tertiary/aromatic N) is 3. The Kier molecular flexibility index (Phi) is 16.6. The van der Waals surface area contributed by atoms with E-state index in [1.54, 1.807) is 0 Å². The number of allylic oxidation sites excluding steroid dienone is 1. The number of unbranched alkanes of at least 4 members (excludes halogenated alkanes) is 3. The third kappa shape index (κ3) is 12.2. The van der Waals surface area contributed by atoms with Crippen molar-refractivity contribution in [3.05, 3.63) is 79.7 Å². The number of H-pyrrole nitrogens is 1. The second-order valence-corrected chi connectivity index (χ2v) is 10.7. The molecule has 2 N–H and O–H groups in total. The van der Waals surface area contributed by atoms with Crippen LogP contribution in [-0.4, -0.2) is 74.7 Å². The van der Waals surface area contributed by atoms with E-state index in [2.05, 4.69) is 101 Å². The zero-order chi connectivity index (χ0) is 29.9. The standard InChI is InChI=1S/C24H31N3.C10H20N2.C2H6/c1-19(25-2)8-6-4-5-7-17-27(3)23-13-11-20(12-14-23)22-10-9-21-15-16-26-24(21)18-22;1-3-5-11-7-9-12(6-4-2)10-8-11;1-2/h9-16,18,25-26H,1,4-8,17H2,2-3H3;3H,1,4-10H2,2H3;1-2H3. The van der Waals surface area contributed by atoms with Crippen molar-refractivity contribution in [2.45, 2.75) is 59.3 Å². The lowest BCUT2D eigenvalue weighted by molar-refractivity contribution is 0.143. The van der Waals surface area contributed by atoms with E-state index in [4.69, 9.17) is 0 Å². The average Bonchev–Trinajstić information content (AvgIpc) is 3.49. The summed E-state index contributed by atoms with van der Waals surface area (Å²) in [4.78, 5) is 10.6. The summed E-state index contributed by atoms with van der Waals surface area (Å²) in [5.74, 6) is 0. The van der Waals surface area contributed by atoms with Crippen molar-refractivity contribution in [2.75, 3.05) is 64.8 Å². The SMILES string of the molecule is C=C(CCCCCCN(C)c1ccc(-c2ccc3cc[nH]c3c2)cc1)NC.C=CCN1CCN(CCC)CC1.CC. The molecule has 0 aliphatic carbocycles. The zero-order valence-electron chi connectivity index (χ0n) is 26.7. The Hall–Kier alpha value is -3.02. The summed E-state index contributed by atoms with van der Waals surface area (Å²) in [6.45, 7) is 22.3. The number of fused-ring (bicyclic) bond motifs is 1. The van der Waals surface area contributed by atoms with Crippen molar-refractivity contribution in [1.29, 1.82) is 0 Å². The van der Waals surface area contributed by atoms with Crippen LogP contribution >= 0.6 is 0 Å². The predicted molar refractivity (Wildman–Crippen MR) is 183 cm³/mol. The lowest BCUT2D eigenvalue weighted by Gasteiger charge is -2.33. The van der Waals surface area contributed by atoms with Gasteiger partial charge in [0, 0.05) is 76.5 Å². The molecule has 1 fully saturated rings. The predicted octanol–water partition coefficient (Wildman–Crippen LogP) is 8.18. The topological polar surface area (TPSA) is 37.5 Å². The van der Waals surface area contributed by atoms with Gasteiger partial charge in [0.15, 0.2) is 0 Å². The first-order chi connectivity index (χ1) is 20.0. The quantitative estimate of drug-likeness (QED) is 0.154. The molecule has 0 radical (unpaired) electrons. The zero-order valence-corrected chi connectivity index (χ0v) is 26.7. The van der Waals surface area contributed by atoms with E-state index in [1.807, 2.05) is 33.2 Å². The minimum atomic E-state index is 1.06. The number of anilines is 1. The first kappa shape index (κ1) is 34.2. The van der Waals surface area contributed by atoms with Crippen LogP contribution in [-0.2, 0) is 0 Å². The number of hydrogen-bond donors (Lipinski definition) is 2. The fraction of sp³-hybridized carbons (Fsp3) is 0.500. The highest BCUT2D eigenvalue weighted by Gasteiger charge is 2.14. The third-order valence-electron chi connectivity index (χ3n) is 7.66. The Balaban J connectivity index is 0.000000352. The smallest absolute Gasteiger partial charge is 0.0460 e. The van der Waals surface area contributed by atoms with Crippen molar-refractivity contribution in [2.24, 2.45) is 0 Å². The van der Waals surface area contributed by atoms with Crippen molar-refractivity contribution in [3.63, 3.8) is 0 Å². The molecular formula is C36H57N5. The number of rotatable bonds is 14. The number of hydrogen-bond acceptors (Lipinski definition) is 4. The molecule has 2 aromatic carbocycles. The van der Waals surface area contributed by atoms with Gasteiger partial charge in [0.2, 0.25) is 0 Å². The van der Waals surface area contributed by atoms with Crippen LogP contribution in [0.3, 0.4) is 0 Å². The van der Waals surface area contributed by atoms with Gasteiger partial charge in [0.25, 0.3) is 0 Å². The Morgan fingerprint density at radius 1 is 0.927 bits per heavy atom. The first-order valence-electron chi connectivity index (χ1n) is 15.8. The molecule has 0 unspecified atom stereocenters. The summed E-state index contributed by atoms with van der Waals surface area (Å²) in [5.41, 5.74) is 6.12. The van der Waals surface area contributed by atoms with E-state index in [0.29, 0.717) is 0 Å². The molecule has 0 saturated carbocycles. The van der Waals surface area contributed by atoms with E-state index in [1.165, 1.54) is 92.5 Å². The molecule has 1 aromatic heterocycles. The summed E-state index contributed by atoms with van der Waals surface area (Å²) in [6.07, 6.45) is 11.4. The summed E-state index contributed by atoms with van der Waals surface area (Å²) < 4.78 is 0.